The van der Waals surface area contributed by atoms with E-state index < -0.39 is 0 Å². The molecule has 2 rings (SSSR count). The van der Waals surface area contributed by atoms with Gasteiger partial charge >= 0.3 is 0 Å². The Kier molecular flexibility index (Phi) is 4.78. The Morgan fingerprint density at radius 3 is 2.89 bits per heavy atom. The van der Waals surface area contributed by atoms with Crippen LogP contribution in [-0.2, 0) is 13.1 Å². The maximum atomic E-state index is 5.42. The first-order chi connectivity index (χ1) is 8.69. The highest BCUT2D eigenvalue weighted by Gasteiger charge is 2.29. The van der Waals surface area contributed by atoms with Crippen molar-refractivity contribution < 1.29 is 4.52 Å². The van der Waals surface area contributed by atoms with E-state index in [1.807, 2.05) is 0 Å². The van der Waals surface area contributed by atoms with Gasteiger partial charge in [-0.3, -0.25) is 4.90 Å². The molecule has 1 aromatic heterocycles. The zero-order chi connectivity index (χ0) is 13.0. The molecule has 1 aliphatic rings. The quantitative estimate of drug-likeness (QED) is 0.770. The Morgan fingerprint density at radius 2 is 2.28 bits per heavy atom. The van der Waals surface area contributed by atoms with Crippen LogP contribution in [-0.4, -0.2) is 29.2 Å². The number of hydrogen-bond donors (Lipinski definition) is 1. The topological polar surface area (TPSA) is 41.3 Å². The zero-order valence-electron chi connectivity index (χ0n) is 11.8. The first kappa shape index (κ1) is 13.6. The van der Waals surface area contributed by atoms with Crippen LogP contribution in [0.1, 0.15) is 45.1 Å². The summed E-state index contributed by atoms with van der Waals surface area (Å²) in [5, 5.41) is 7.36. The van der Waals surface area contributed by atoms with Crippen LogP contribution in [0.4, 0.5) is 0 Å². The molecule has 0 amide bonds. The Morgan fingerprint density at radius 1 is 1.50 bits per heavy atom. The van der Waals surface area contributed by atoms with Crippen LogP contribution < -0.4 is 5.32 Å². The van der Waals surface area contributed by atoms with Gasteiger partial charge in [0.05, 0.1) is 12.2 Å². The van der Waals surface area contributed by atoms with Gasteiger partial charge < -0.3 is 9.84 Å². The lowest BCUT2D eigenvalue weighted by atomic mass is 10.2. The Balaban J connectivity index is 1.87. The van der Waals surface area contributed by atoms with E-state index in [1.165, 1.54) is 12.8 Å². The number of aromatic nitrogens is 1. The van der Waals surface area contributed by atoms with Gasteiger partial charge in [-0.05, 0) is 25.3 Å². The predicted molar refractivity (Wildman–Crippen MR) is 72.2 cm³/mol. The molecule has 1 heterocycles. The zero-order valence-corrected chi connectivity index (χ0v) is 11.8. The van der Waals surface area contributed by atoms with Crippen molar-refractivity contribution >= 4 is 0 Å². The maximum absolute atomic E-state index is 5.42. The average molecular weight is 251 g/mol. The highest BCUT2D eigenvalue weighted by atomic mass is 16.5. The molecule has 0 atom stereocenters. The molecule has 0 bridgehead atoms. The smallest absolute Gasteiger partial charge is 0.151 e. The molecule has 1 aromatic rings. The fourth-order valence-corrected chi connectivity index (χ4v) is 2.22. The van der Waals surface area contributed by atoms with Gasteiger partial charge in [-0.2, -0.15) is 0 Å². The van der Waals surface area contributed by atoms with E-state index in [9.17, 15) is 0 Å². The van der Waals surface area contributed by atoms with Crippen LogP contribution >= 0.6 is 0 Å². The summed E-state index contributed by atoms with van der Waals surface area (Å²) in [7, 11) is 0. The number of nitrogens with zero attached hydrogens (tertiary/aromatic N) is 2. The SMILES string of the molecule is CCNCc1cc(CN(CC(C)C)C2CC2)on1. The Labute approximate surface area is 110 Å². The molecule has 0 unspecified atom stereocenters. The van der Waals surface area contributed by atoms with E-state index in [0.717, 1.165) is 43.7 Å². The van der Waals surface area contributed by atoms with E-state index in [2.05, 4.69) is 42.2 Å². The second-order valence-corrected chi connectivity index (χ2v) is 5.62. The third-order valence-electron chi connectivity index (χ3n) is 3.19. The van der Waals surface area contributed by atoms with Crippen molar-refractivity contribution in [1.29, 1.82) is 0 Å². The molecule has 0 aliphatic heterocycles. The summed E-state index contributed by atoms with van der Waals surface area (Å²) < 4.78 is 5.42. The van der Waals surface area contributed by atoms with Gasteiger partial charge in [0.2, 0.25) is 0 Å². The normalized spacial score (nSPS) is 15.8. The molecule has 4 nitrogen and oxygen atoms in total. The number of hydrogen-bond acceptors (Lipinski definition) is 4. The lowest BCUT2D eigenvalue weighted by molar-refractivity contribution is 0.200. The Bertz CT molecular complexity index is 358. The molecule has 0 radical (unpaired) electrons. The monoisotopic (exact) mass is 251 g/mol. The molecule has 1 N–H and O–H groups in total. The van der Waals surface area contributed by atoms with Crippen molar-refractivity contribution in [3.05, 3.63) is 17.5 Å². The fourth-order valence-electron chi connectivity index (χ4n) is 2.22. The summed E-state index contributed by atoms with van der Waals surface area (Å²) in [6.07, 6.45) is 2.68. The fraction of sp³-hybridized carbons (Fsp3) is 0.786. The van der Waals surface area contributed by atoms with Gasteiger partial charge in [0.15, 0.2) is 5.76 Å². The summed E-state index contributed by atoms with van der Waals surface area (Å²) in [4.78, 5) is 2.53. The predicted octanol–water partition coefficient (Wildman–Crippen LogP) is 2.40. The third-order valence-corrected chi connectivity index (χ3v) is 3.19. The molecular formula is C14H25N3O. The lowest BCUT2D eigenvalue weighted by Gasteiger charge is -2.22. The molecule has 1 aliphatic carbocycles. The molecule has 18 heavy (non-hydrogen) atoms. The Hall–Kier alpha value is -0.870. The van der Waals surface area contributed by atoms with E-state index >= 15 is 0 Å². The van der Waals surface area contributed by atoms with Gasteiger partial charge in [0, 0.05) is 25.2 Å². The van der Waals surface area contributed by atoms with Crippen molar-refractivity contribution in [2.45, 2.75) is 52.7 Å². The largest absolute Gasteiger partial charge is 0.360 e. The summed E-state index contributed by atoms with van der Waals surface area (Å²) in [5.41, 5.74) is 1.01. The van der Waals surface area contributed by atoms with Crippen LogP contribution in [0.15, 0.2) is 10.6 Å². The maximum Gasteiger partial charge on any atom is 0.151 e. The van der Waals surface area contributed by atoms with E-state index in [-0.39, 0.29) is 0 Å². The molecule has 1 fully saturated rings. The van der Waals surface area contributed by atoms with E-state index in [0.29, 0.717) is 5.92 Å². The van der Waals surface area contributed by atoms with Gasteiger partial charge in [-0.25, -0.2) is 0 Å². The van der Waals surface area contributed by atoms with Crippen LogP contribution in [0.3, 0.4) is 0 Å². The molecule has 4 heteroatoms. The average Bonchev–Trinajstić information content (AvgIpc) is 3.07. The summed E-state index contributed by atoms with van der Waals surface area (Å²) in [6.45, 7) is 10.4. The van der Waals surface area contributed by atoms with Gasteiger partial charge in [-0.15, -0.1) is 0 Å². The van der Waals surface area contributed by atoms with Crippen molar-refractivity contribution in [2.75, 3.05) is 13.1 Å². The molecule has 102 valence electrons. The van der Waals surface area contributed by atoms with Crippen LogP contribution in [0.2, 0.25) is 0 Å². The van der Waals surface area contributed by atoms with Gasteiger partial charge in [0.1, 0.15) is 0 Å². The van der Waals surface area contributed by atoms with Crippen molar-refractivity contribution in [1.82, 2.24) is 15.4 Å². The minimum Gasteiger partial charge on any atom is -0.360 e. The van der Waals surface area contributed by atoms with Gasteiger partial charge in [0.25, 0.3) is 0 Å². The lowest BCUT2D eigenvalue weighted by Crippen LogP contribution is -2.29. The van der Waals surface area contributed by atoms with Crippen molar-refractivity contribution in [3.8, 4) is 0 Å². The van der Waals surface area contributed by atoms with Crippen LogP contribution in [0.5, 0.6) is 0 Å². The number of nitrogens with one attached hydrogen (secondary N) is 1. The molecule has 1 saturated carbocycles. The summed E-state index contributed by atoms with van der Waals surface area (Å²) in [5.74, 6) is 1.70. The minimum atomic E-state index is 0.703. The van der Waals surface area contributed by atoms with Crippen molar-refractivity contribution in [2.24, 2.45) is 5.92 Å². The second-order valence-electron chi connectivity index (χ2n) is 5.62. The minimum absolute atomic E-state index is 0.703. The van der Waals surface area contributed by atoms with Crippen molar-refractivity contribution in [3.63, 3.8) is 0 Å². The van der Waals surface area contributed by atoms with Crippen LogP contribution in [0, 0.1) is 5.92 Å². The second kappa shape index (κ2) is 6.34. The van der Waals surface area contributed by atoms with Crippen LogP contribution in [0.25, 0.3) is 0 Å². The van der Waals surface area contributed by atoms with Gasteiger partial charge in [-0.1, -0.05) is 25.9 Å². The first-order valence-corrected chi connectivity index (χ1v) is 7.08. The highest BCUT2D eigenvalue weighted by molar-refractivity contribution is 5.06. The van der Waals surface area contributed by atoms with E-state index in [4.69, 9.17) is 4.52 Å². The summed E-state index contributed by atoms with van der Waals surface area (Å²) >= 11 is 0. The first-order valence-electron chi connectivity index (χ1n) is 7.08. The molecular weight excluding hydrogens is 226 g/mol. The summed E-state index contributed by atoms with van der Waals surface area (Å²) in [6, 6.07) is 2.85. The molecule has 0 aromatic carbocycles. The standard InChI is InChI=1S/C14H25N3O/c1-4-15-8-12-7-14(18-16-12)10-17(9-11(2)3)13-5-6-13/h7,11,13,15H,4-6,8-10H2,1-3H3. The molecule has 0 saturated heterocycles. The highest BCUT2D eigenvalue weighted by Crippen LogP contribution is 2.29. The molecule has 0 spiro atoms. The van der Waals surface area contributed by atoms with E-state index in [1.54, 1.807) is 0 Å². The third kappa shape index (κ3) is 4.10. The number of rotatable bonds is 8.